The molecule has 0 aliphatic heterocycles. The van der Waals surface area contributed by atoms with Crippen molar-refractivity contribution in [3.05, 3.63) is 66.2 Å². The highest BCUT2D eigenvalue weighted by Gasteiger charge is 2.16. The largest absolute Gasteiger partial charge is 0.253 e. The Balaban J connectivity index is 1.82. The zero-order valence-corrected chi connectivity index (χ0v) is 15.0. The Labute approximate surface area is 152 Å². The van der Waals surface area contributed by atoms with Gasteiger partial charge in [0.25, 0.3) is 5.95 Å². The molecule has 0 saturated carbocycles. The van der Waals surface area contributed by atoms with Crippen molar-refractivity contribution in [3.8, 4) is 17.1 Å². The highest BCUT2D eigenvalue weighted by molar-refractivity contribution is 7.84. The van der Waals surface area contributed by atoms with E-state index in [-0.39, 0.29) is 5.82 Å². The van der Waals surface area contributed by atoms with Gasteiger partial charge < -0.3 is 0 Å². The van der Waals surface area contributed by atoms with E-state index in [1.807, 2.05) is 31.2 Å². The van der Waals surface area contributed by atoms with Crippen molar-refractivity contribution in [2.75, 3.05) is 6.26 Å². The van der Waals surface area contributed by atoms with E-state index in [4.69, 9.17) is 0 Å². The molecular formula is C19H15FN4OS. The molecule has 1 unspecified atom stereocenters. The number of benzene rings is 2. The number of hydrogen-bond donors (Lipinski definition) is 0. The van der Waals surface area contributed by atoms with Crippen LogP contribution < -0.4 is 0 Å². The van der Waals surface area contributed by atoms with Crippen molar-refractivity contribution in [2.24, 2.45) is 0 Å². The summed E-state index contributed by atoms with van der Waals surface area (Å²) < 4.78 is 27.6. The molecule has 0 bridgehead atoms. The second kappa shape index (κ2) is 6.42. The molecule has 2 heterocycles. The SMILES string of the molecule is Cc1ccc(F)c(-c2cnc(-n3nc(S(C)=O)c4ccccc43)nc2)c1. The van der Waals surface area contributed by atoms with Gasteiger partial charge in [0.2, 0.25) is 0 Å². The van der Waals surface area contributed by atoms with Crippen LogP contribution in [-0.2, 0) is 10.8 Å². The van der Waals surface area contributed by atoms with E-state index in [2.05, 4.69) is 15.1 Å². The Bertz CT molecular complexity index is 1140. The highest BCUT2D eigenvalue weighted by atomic mass is 32.2. The van der Waals surface area contributed by atoms with Gasteiger partial charge >= 0.3 is 0 Å². The van der Waals surface area contributed by atoms with Crippen molar-refractivity contribution in [1.29, 1.82) is 0 Å². The summed E-state index contributed by atoms with van der Waals surface area (Å²) in [6.07, 6.45) is 4.72. The molecule has 2 aromatic carbocycles. The van der Waals surface area contributed by atoms with Crippen molar-refractivity contribution in [3.63, 3.8) is 0 Å². The lowest BCUT2D eigenvalue weighted by molar-refractivity contribution is 0.630. The molecule has 4 aromatic rings. The summed E-state index contributed by atoms with van der Waals surface area (Å²) in [5.74, 6) is 0.0230. The van der Waals surface area contributed by atoms with Gasteiger partial charge in [-0.15, -0.1) is 0 Å². The van der Waals surface area contributed by atoms with Gasteiger partial charge in [-0.25, -0.2) is 14.4 Å². The smallest absolute Gasteiger partial charge is 0.251 e. The molecule has 26 heavy (non-hydrogen) atoms. The van der Waals surface area contributed by atoms with Crippen LogP contribution in [0.15, 0.2) is 59.9 Å². The van der Waals surface area contributed by atoms with Crippen molar-refractivity contribution in [1.82, 2.24) is 19.7 Å². The topological polar surface area (TPSA) is 60.7 Å². The summed E-state index contributed by atoms with van der Waals surface area (Å²) in [6, 6.07) is 12.4. The summed E-state index contributed by atoms with van der Waals surface area (Å²) in [5.41, 5.74) is 2.77. The Morgan fingerprint density at radius 1 is 1.08 bits per heavy atom. The van der Waals surface area contributed by atoms with Crippen molar-refractivity contribution >= 4 is 21.7 Å². The van der Waals surface area contributed by atoms with Gasteiger partial charge in [-0.1, -0.05) is 23.8 Å². The molecule has 5 nitrogen and oxygen atoms in total. The second-order valence-corrected chi connectivity index (χ2v) is 7.24. The first-order chi connectivity index (χ1) is 12.5. The van der Waals surface area contributed by atoms with Gasteiger partial charge in [0.15, 0.2) is 5.03 Å². The number of aromatic nitrogens is 4. The summed E-state index contributed by atoms with van der Waals surface area (Å²) in [4.78, 5) is 8.69. The average molecular weight is 366 g/mol. The normalized spacial score (nSPS) is 12.4. The zero-order valence-electron chi connectivity index (χ0n) is 14.2. The highest BCUT2D eigenvalue weighted by Crippen LogP contribution is 2.25. The van der Waals surface area contributed by atoms with Gasteiger partial charge in [-0.05, 0) is 31.2 Å². The fraction of sp³-hybridized carbons (Fsp3) is 0.105. The Kier molecular flexibility index (Phi) is 4.08. The summed E-state index contributed by atoms with van der Waals surface area (Å²) >= 11 is 0. The predicted octanol–water partition coefficient (Wildman–Crippen LogP) is 3.67. The lowest BCUT2D eigenvalue weighted by Gasteiger charge is -2.06. The number of nitrogens with zero attached hydrogens (tertiary/aromatic N) is 4. The molecule has 0 aliphatic rings. The number of aryl methyl sites for hydroxylation is 1. The molecule has 7 heteroatoms. The van der Waals surface area contributed by atoms with E-state index < -0.39 is 10.8 Å². The quantitative estimate of drug-likeness (QED) is 0.555. The van der Waals surface area contributed by atoms with Crippen LogP contribution in [0.25, 0.3) is 28.0 Å². The first-order valence-electron chi connectivity index (χ1n) is 7.95. The van der Waals surface area contributed by atoms with Crippen molar-refractivity contribution in [2.45, 2.75) is 11.9 Å². The molecule has 0 saturated heterocycles. The van der Waals surface area contributed by atoms with Gasteiger partial charge in [-0.3, -0.25) is 4.21 Å². The molecule has 4 rings (SSSR count). The molecule has 0 fully saturated rings. The van der Waals surface area contributed by atoms with Gasteiger partial charge in [-0.2, -0.15) is 9.78 Å². The molecule has 130 valence electrons. The third-order valence-corrected chi connectivity index (χ3v) is 4.93. The lowest BCUT2D eigenvalue weighted by Crippen LogP contribution is -2.03. The third kappa shape index (κ3) is 2.80. The lowest BCUT2D eigenvalue weighted by atomic mass is 10.1. The summed E-state index contributed by atoms with van der Waals surface area (Å²) in [7, 11) is -1.23. The number of hydrogen-bond acceptors (Lipinski definition) is 4. The maximum atomic E-state index is 14.1. The van der Waals surface area contributed by atoms with Crippen molar-refractivity contribution < 1.29 is 8.60 Å². The van der Waals surface area contributed by atoms with Crippen LogP contribution >= 0.6 is 0 Å². The molecule has 0 spiro atoms. The van der Waals surface area contributed by atoms with E-state index in [1.165, 1.54) is 6.07 Å². The van der Waals surface area contributed by atoms with E-state index in [0.717, 1.165) is 16.5 Å². The van der Waals surface area contributed by atoms with E-state index in [9.17, 15) is 8.60 Å². The van der Waals surface area contributed by atoms with Gasteiger partial charge in [0.05, 0.1) is 16.3 Å². The Morgan fingerprint density at radius 2 is 1.81 bits per heavy atom. The number of para-hydroxylation sites is 1. The molecule has 1 atom stereocenters. The van der Waals surface area contributed by atoms with Crippen LogP contribution in [0.5, 0.6) is 0 Å². The predicted molar refractivity (Wildman–Crippen MR) is 99.1 cm³/mol. The second-order valence-electron chi connectivity index (χ2n) is 5.94. The van der Waals surface area contributed by atoms with Gasteiger partial charge in [0.1, 0.15) is 5.82 Å². The van der Waals surface area contributed by atoms with E-state index in [1.54, 1.807) is 35.5 Å². The minimum atomic E-state index is -1.23. The van der Waals surface area contributed by atoms with Gasteiger partial charge in [0, 0.05) is 35.2 Å². The van der Waals surface area contributed by atoms with Crippen LogP contribution in [0.1, 0.15) is 5.56 Å². The monoisotopic (exact) mass is 366 g/mol. The third-order valence-electron chi connectivity index (χ3n) is 4.09. The van der Waals surface area contributed by atoms with Crippen LogP contribution in [0.4, 0.5) is 4.39 Å². The Hall–Kier alpha value is -2.93. The molecule has 2 aromatic heterocycles. The molecule has 0 N–H and O–H groups in total. The number of halogens is 1. The van der Waals surface area contributed by atoms with Crippen LogP contribution in [0, 0.1) is 12.7 Å². The summed E-state index contributed by atoms with van der Waals surface area (Å²) in [5, 5.41) is 5.69. The number of fused-ring (bicyclic) bond motifs is 1. The minimum absolute atomic E-state index is 0.319. The molecule has 0 aliphatic carbocycles. The van der Waals surface area contributed by atoms with Crippen LogP contribution in [0.2, 0.25) is 0 Å². The van der Waals surface area contributed by atoms with E-state index >= 15 is 0 Å². The fourth-order valence-electron chi connectivity index (χ4n) is 2.83. The number of rotatable bonds is 3. The Morgan fingerprint density at radius 3 is 2.54 bits per heavy atom. The molecular weight excluding hydrogens is 351 g/mol. The molecule has 0 amide bonds. The van der Waals surface area contributed by atoms with Crippen LogP contribution in [-0.4, -0.2) is 30.2 Å². The van der Waals surface area contributed by atoms with E-state index in [0.29, 0.717) is 22.1 Å². The fourth-order valence-corrected chi connectivity index (χ4v) is 3.51. The maximum absolute atomic E-state index is 14.1. The average Bonchev–Trinajstić information content (AvgIpc) is 3.04. The summed E-state index contributed by atoms with van der Waals surface area (Å²) in [6.45, 7) is 1.90. The first-order valence-corrected chi connectivity index (χ1v) is 9.50. The van der Waals surface area contributed by atoms with Crippen LogP contribution in [0.3, 0.4) is 0 Å². The first kappa shape index (κ1) is 16.5. The molecule has 0 radical (unpaired) electrons. The maximum Gasteiger partial charge on any atom is 0.251 e. The standard InChI is InChI=1S/C19H15FN4OS/c1-12-7-8-16(20)15(9-12)13-10-21-19(22-11-13)24-17-6-4-3-5-14(17)18(23-24)26(2)25/h3-11H,1-2H3. The zero-order chi connectivity index (χ0) is 18.3. The minimum Gasteiger partial charge on any atom is -0.253 e.